The minimum absolute atomic E-state index is 0.0474. The highest BCUT2D eigenvalue weighted by Gasteiger charge is 2.32. The van der Waals surface area contributed by atoms with E-state index in [2.05, 4.69) is 17.0 Å². The van der Waals surface area contributed by atoms with Crippen molar-refractivity contribution in [3.8, 4) is 0 Å². The lowest BCUT2D eigenvalue weighted by Gasteiger charge is -2.37. The summed E-state index contributed by atoms with van der Waals surface area (Å²) in [6.07, 6.45) is -4.53. The van der Waals surface area contributed by atoms with Crippen LogP contribution in [-0.2, 0) is 24.0 Å². The van der Waals surface area contributed by atoms with Crippen LogP contribution < -0.4 is 4.90 Å². The zero-order chi connectivity index (χ0) is 26.4. The molecule has 1 fully saturated rings. The number of amides is 2. The number of piperazine rings is 1. The summed E-state index contributed by atoms with van der Waals surface area (Å²) < 4.78 is 45.0. The predicted octanol–water partition coefficient (Wildman–Crippen LogP) is 5.44. The summed E-state index contributed by atoms with van der Waals surface area (Å²) in [5, 5.41) is 0. The van der Waals surface area contributed by atoms with Crippen molar-refractivity contribution in [2.24, 2.45) is 0 Å². The second-order valence-corrected chi connectivity index (χ2v) is 8.85. The normalized spacial score (nSPS) is 14.3. The third kappa shape index (κ3) is 6.68. The first-order valence-corrected chi connectivity index (χ1v) is 11.9. The Hall–Kier alpha value is -3.85. The van der Waals surface area contributed by atoms with Crippen LogP contribution in [0.2, 0.25) is 0 Å². The summed E-state index contributed by atoms with van der Waals surface area (Å²) in [6, 6.07) is 20.9. The van der Waals surface area contributed by atoms with Gasteiger partial charge in [0.2, 0.25) is 0 Å². The topological polar surface area (TPSA) is 53.1 Å². The molecule has 0 saturated carbocycles. The number of alkyl halides is 3. The van der Waals surface area contributed by atoms with Crippen LogP contribution in [0.5, 0.6) is 0 Å². The molecule has 9 heteroatoms. The Balaban J connectivity index is 1.53. The third-order valence-corrected chi connectivity index (χ3v) is 6.32. The Morgan fingerprint density at radius 3 is 2.16 bits per heavy atom. The van der Waals surface area contributed by atoms with Crippen molar-refractivity contribution in [1.82, 2.24) is 9.80 Å². The molecule has 0 unspecified atom stereocenters. The Bertz CT molecular complexity index is 1210. The van der Waals surface area contributed by atoms with Crippen molar-refractivity contribution >= 4 is 17.7 Å². The van der Waals surface area contributed by atoms with Gasteiger partial charge in [0.25, 0.3) is 0 Å². The number of esters is 1. The molecule has 1 saturated heterocycles. The number of hydrogen-bond acceptors (Lipinski definition) is 4. The van der Waals surface area contributed by atoms with E-state index in [1.54, 1.807) is 29.2 Å². The maximum atomic E-state index is 13.6. The molecule has 0 bridgehead atoms. The number of nitrogens with zero attached hydrogens (tertiary/aromatic N) is 3. The van der Waals surface area contributed by atoms with E-state index in [-0.39, 0.29) is 18.3 Å². The second-order valence-electron chi connectivity index (χ2n) is 8.85. The lowest BCUT2D eigenvalue weighted by Crippen LogP contribution is -2.52. The number of benzene rings is 3. The number of carbonyl (C=O) groups excluding carboxylic acids is 2. The Kier molecular flexibility index (Phi) is 8.13. The van der Waals surface area contributed by atoms with Crippen molar-refractivity contribution in [2.45, 2.75) is 19.3 Å². The molecule has 3 aromatic rings. The van der Waals surface area contributed by atoms with Crippen molar-refractivity contribution in [1.29, 1.82) is 0 Å². The summed E-state index contributed by atoms with van der Waals surface area (Å²) >= 11 is 0. The van der Waals surface area contributed by atoms with Crippen molar-refractivity contribution < 1.29 is 27.5 Å². The number of rotatable bonds is 6. The summed E-state index contributed by atoms with van der Waals surface area (Å²) in [6.45, 7) is 3.05. The zero-order valence-corrected chi connectivity index (χ0v) is 20.4. The molecule has 1 aliphatic heterocycles. The summed E-state index contributed by atoms with van der Waals surface area (Å²) in [4.78, 5) is 30.7. The molecular weight excluding hydrogens is 483 g/mol. The van der Waals surface area contributed by atoms with Gasteiger partial charge >= 0.3 is 18.2 Å². The van der Waals surface area contributed by atoms with Gasteiger partial charge in [0.05, 0.1) is 24.8 Å². The molecule has 1 heterocycles. The maximum Gasteiger partial charge on any atom is 0.416 e. The fraction of sp³-hybridized carbons (Fsp3) is 0.286. The molecule has 3 aromatic carbocycles. The molecule has 0 spiro atoms. The third-order valence-electron chi connectivity index (χ3n) is 6.32. The van der Waals surface area contributed by atoms with Gasteiger partial charge < -0.3 is 9.64 Å². The van der Waals surface area contributed by atoms with Crippen LogP contribution in [0, 0.1) is 0 Å². The number of carbonyl (C=O) groups is 2. The van der Waals surface area contributed by atoms with E-state index in [1.165, 1.54) is 29.7 Å². The van der Waals surface area contributed by atoms with Gasteiger partial charge in [-0.25, -0.2) is 9.59 Å². The average Bonchev–Trinajstić information content (AvgIpc) is 2.92. The molecule has 0 N–H and O–H groups in total. The van der Waals surface area contributed by atoms with E-state index in [0.29, 0.717) is 37.3 Å². The van der Waals surface area contributed by atoms with Crippen molar-refractivity contribution in [3.05, 3.63) is 101 Å². The highest BCUT2D eigenvalue weighted by Crippen LogP contribution is 2.32. The average molecular weight is 512 g/mol. The van der Waals surface area contributed by atoms with Crippen LogP contribution in [0.15, 0.2) is 78.9 Å². The van der Waals surface area contributed by atoms with E-state index >= 15 is 0 Å². The van der Waals surface area contributed by atoms with Crippen LogP contribution in [0.4, 0.5) is 23.7 Å². The van der Waals surface area contributed by atoms with E-state index in [9.17, 15) is 22.8 Å². The van der Waals surface area contributed by atoms with Gasteiger partial charge in [-0.2, -0.15) is 13.2 Å². The fourth-order valence-corrected chi connectivity index (χ4v) is 4.28. The highest BCUT2D eigenvalue weighted by atomic mass is 19.4. The summed E-state index contributed by atoms with van der Waals surface area (Å²) in [5.41, 5.74) is 1.53. The van der Waals surface area contributed by atoms with Crippen LogP contribution in [-0.4, -0.2) is 55.1 Å². The minimum Gasteiger partial charge on any atom is -0.465 e. The van der Waals surface area contributed by atoms with Gasteiger partial charge in [-0.15, -0.1) is 0 Å². The van der Waals surface area contributed by atoms with Gasteiger partial charge in [0.1, 0.15) is 0 Å². The molecule has 0 radical (unpaired) electrons. The molecule has 2 amide bonds. The summed E-state index contributed by atoms with van der Waals surface area (Å²) in [5.74, 6) is -0.495. The van der Waals surface area contributed by atoms with Gasteiger partial charge in [-0.3, -0.25) is 9.80 Å². The second kappa shape index (κ2) is 11.5. The molecule has 194 valence electrons. The van der Waals surface area contributed by atoms with Crippen LogP contribution in [0.3, 0.4) is 0 Å². The number of methoxy groups -OCH3 is 1. The molecule has 0 atom stereocenters. The van der Waals surface area contributed by atoms with Crippen LogP contribution >= 0.6 is 0 Å². The van der Waals surface area contributed by atoms with Crippen LogP contribution in [0.1, 0.15) is 27.0 Å². The van der Waals surface area contributed by atoms with E-state index in [4.69, 9.17) is 4.74 Å². The molecule has 4 rings (SSSR count). The molecule has 37 heavy (non-hydrogen) atoms. The van der Waals surface area contributed by atoms with Gasteiger partial charge in [-0.1, -0.05) is 48.5 Å². The van der Waals surface area contributed by atoms with Crippen molar-refractivity contribution in [2.75, 3.05) is 38.2 Å². The molecule has 0 aliphatic carbocycles. The zero-order valence-electron chi connectivity index (χ0n) is 20.4. The minimum atomic E-state index is -4.53. The molecule has 0 aromatic heterocycles. The maximum absolute atomic E-state index is 13.6. The fourth-order valence-electron chi connectivity index (χ4n) is 4.28. The SMILES string of the molecule is COC(=O)c1ccc(CN(C(=O)N2CCN(Cc3ccccc3)CC2)c2cccc(C(F)(F)F)c2)cc1. The lowest BCUT2D eigenvalue weighted by molar-refractivity contribution is -0.137. The number of ether oxygens (including phenoxy) is 1. The van der Waals surface area contributed by atoms with Crippen LogP contribution in [0.25, 0.3) is 0 Å². The summed E-state index contributed by atoms with van der Waals surface area (Å²) in [7, 11) is 1.28. The monoisotopic (exact) mass is 511 g/mol. The Labute approximate surface area is 213 Å². The first-order chi connectivity index (χ1) is 17.7. The number of urea groups is 1. The van der Waals surface area contributed by atoms with Gasteiger partial charge in [0, 0.05) is 38.4 Å². The molecule has 6 nitrogen and oxygen atoms in total. The Morgan fingerprint density at radius 2 is 1.54 bits per heavy atom. The smallest absolute Gasteiger partial charge is 0.416 e. The number of hydrogen-bond donors (Lipinski definition) is 0. The number of anilines is 1. The van der Waals surface area contributed by atoms with E-state index in [1.807, 2.05) is 18.2 Å². The Morgan fingerprint density at radius 1 is 0.865 bits per heavy atom. The van der Waals surface area contributed by atoms with E-state index in [0.717, 1.165) is 18.7 Å². The van der Waals surface area contributed by atoms with Gasteiger partial charge in [0.15, 0.2) is 0 Å². The first kappa shape index (κ1) is 26.2. The van der Waals surface area contributed by atoms with Gasteiger partial charge in [-0.05, 0) is 41.5 Å². The molecular formula is C28H28F3N3O3. The first-order valence-electron chi connectivity index (χ1n) is 11.9. The van der Waals surface area contributed by atoms with E-state index < -0.39 is 17.7 Å². The number of halogens is 3. The predicted molar refractivity (Wildman–Crippen MR) is 134 cm³/mol. The lowest BCUT2D eigenvalue weighted by atomic mass is 10.1. The standard InChI is InChI=1S/C28H28F3N3O3/c1-37-26(35)23-12-10-22(11-13-23)20-34(25-9-5-8-24(18-25)28(29,30)31)27(36)33-16-14-32(15-17-33)19-21-6-3-2-4-7-21/h2-13,18H,14-17,19-20H2,1H3. The quantitative estimate of drug-likeness (QED) is 0.414. The highest BCUT2D eigenvalue weighted by molar-refractivity contribution is 5.92. The largest absolute Gasteiger partial charge is 0.465 e. The molecule has 1 aliphatic rings. The van der Waals surface area contributed by atoms with Crippen molar-refractivity contribution in [3.63, 3.8) is 0 Å².